The van der Waals surface area contributed by atoms with Gasteiger partial charge in [0.15, 0.2) is 0 Å². The molecule has 0 fully saturated rings. The third-order valence-corrected chi connectivity index (χ3v) is 5.11. The minimum Gasteiger partial charge on any atom is -0.381 e. The Hall–Kier alpha value is -0.0800. The van der Waals surface area contributed by atoms with Gasteiger partial charge in [-0.2, -0.15) is 0 Å². The molecule has 0 unspecified atom stereocenters. The summed E-state index contributed by atoms with van der Waals surface area (Å²) in [5, 5.41) is 0. The van der Waals surface area contributed by atoms with Crippen LogP contribution in [0, 0.1) is 0 Å². The Morgan fingerprint density at radius 2 is 0.538 bits per heavy atom. The molecule has 0 amide bonds. The molecule has 0 atom stereocenters. The lowest BCUT2D eigenvalue weighted by molar-refractivity contribution is 0.117. The van der Waals surface area contributed by atoms with Crippen LogP contribution in [0.1, 0.15) is 129 Å². The summed E-state index contributed by atoms with van der Waals surface area (Å²) in [5.41, 5.74) is 0. The number of hydrogen-bond donors (Lipinski definition) is 0. The Labute approximate surface area is 165 Å². The van der Waals surface area contributed by atoms with Crippen molar-refractivity contribution < 1.29 is 9.47 Å². The lowest BCUT2D eigenvalue weighted by Crippen LogP contribution is -1.99. The van der Waals surface area contributed by atoms with E-state index < -0.39 is 0 Å². The molecule has 0 rings (SSSR count). The maximum atomic E-state index is 5.74. The van der Waals surface area contributed by atoms with Crippen LogP contribution in [0.5, 0.6) is 0 Å². The van der Waals surface area contributed by atoms with Crippen molar-refractivity contribution in [1.29, 1.82) is 0 Å². The summed E-state index contributed by atoms with van der Waals surface area (Å²) in [5.74, 6) is 0. The van der Waals surface area contributed by atoms with Crippen LogP contribution in [-0.2, 0) is 9.47 Å². The van der Waals surface area contributed by atoms with Gasteiger partial charge in [-0.05, 0) is 25.7 Å². The van der Waals surface area contributed by atoms with Gasteiger partial charge in [0.1, 0.15) is 0 Å². The molecule has 0 radical (unpaired) electrons. The summed E-state index contributed by atoms with van der Waals surface area (Å²) in [6.45, 7) is 8.39. The standard InChI is InChI=1S/C24H50O2/c1-3-5-7-9-11-13-17-21-25-23-19-15-16-20-24-26-22-18-14-12-10-8-6-4-2/h3-24H2,1-2H3. The largest absolute Gasteiger partial charge is 0.381 e. The molecule has 0 aliphatic carbocycles. The van der Waals surface area contributed by atoms with Gasteiger partial charge < -0.3 is 9.47 Å². The van der Waals surface area contributed by atoms with Crippen molar-refractivity contribution in [1.82, 2.24) is 0 Å². The molecule has 26 heavy (non-hydrogen) atoms. The van der Waals surface area contributed by atoms with Crippen LogP contribution in [-0.4, -0.2) is 26.4 Å². The normalized spacial score (nSPS) is 11.3. The van der Waals surface area contributed by atoms with Crippen molar-refractivity contribution in [2.75, 3.05) is 26.4 Å². The summed E-state index contributed by atoms with van der Waals surface area (Å²) in [7, 11) is 0. The van der Waals surface area contributed by atoms with E-state index in [4.69, 9.17) is 9.47 Å². The highest BCUT2D eigenvalue weighted by molar-refractivity contribution is 4.47. The summed E-state index contributed by atoms with van der Waals surface area (Å²) in [4.78, 5) is 0. The van der Waals surface area contributed by atoms with Gasteiger partial charge in [0, 0.05) is 26.4 Å². The molecule has 0 N–H and O–H groups in total. The van der Waals surface area contributed by atoms with Gasteiger partial charge in [-0.1, -0.05) is 104 Å². The number of hydrogen-bond acceptors (Lipinski definition) is 2. The second kappa shape index (κ2) is 24.9. The van der Waals surface area contributed by atoms with Crippen molar-refractivity contribution >= 4 is 0 Å². The smallest absolute Gasteiger partial charge is 0.0466 e. The van der Waals surface area contributed by atoms with Crippen LogP contribution in [0.4, 0.5) is 0 Å². The maximum Gasteiger partial charge on any atom is 0.0466 e. The fourth-order valence-corrected chi connectivity index (χ4v) is 3.29. The predicted octanol–water partition coefficient (Wildman–Crippen LogP) is 8.08. The van der Waals surface area contributed by atoms with E-state index in [2.05, 4.69) is 13.8 Å². The van der Waals surface area contributed by atoms with Gasteiger partial charge in [0.05, 0.1) is 0 Å². The Morgan fingerprint density at radius 3 is 0.808 bits per heavy atom. The summed E-state index contributed by atoms with van der Waals surface area (Å²) >= 11 is 0. The molecule has 0 saturated carbocycles. The van der Waals surface area contributed by atoms with E-state index in [1.54, 1.807) is 0 Å². The molecule has 0 saturated heterocycles. The molecule has 0 aromatic rings. The molecule has 0 heterocycles. The summed E-state index contributed by atoms with van der Waals surface area (Å²) in [6, 6.07) is 0. The topological polar surface area (TPSA) is 18.5 Å². The zero-order valence-electron chi connectivity index (χ0n) is 18.4. The van der Waals surface area contributed by atoms with E-state index in [-0.39, 0.29) is 0 Å². The molecule has 0 aliphatic rings. The van der Waals surface area contributed by atoms with Crippen molar-refractivity contribution in [3.8, 4) is 0 Å². The number of unbranched alkanes of at least 4 members (excludes halogenated alkanes) is 15. The Balaban J connectivity index is 2.95. The van der Waals surface area contributed by atoms with Crippen molar-refractivity contribution in [2.24, 2.45) is 0 Å². The Bertz CT molecular complexity index is 206. The first-order valence-corrected chi connectivity index (χ1v) is 12.1. The first-order chi connectivity index (χ1) is 12.9. The van der Waals surface area contributed by atoms with Gasteiger partial charge >= 0.3 is 0 Å². The van der Waals surface area contributed by atoms with Crippen molar-refractivity contribution in [3.63, 3.8) is 0 Å². The molecule has 0 aliphatic heterocycles. The lowest BCUT2D eigenvalue weighted by Gasteiger charge is -2.06. The van der Waals surface area contributed by atoms with E-state index in [0.29, 0.717) is 0 Å². The second-order valence-corrected chi connectivity index (χ2v) is 7.88. The summed E-state index contributed by atoms with van der Waals surface area (Å²) in [6.07, 6.45) is 24.1. The van der Waals surface area contributed by atoms with Crippen molar-refractivity contribution in [3.05, 3.63) is 0 Å². The van der Waals surface area contributed by atoms with Crippen LogP contribution in [0.15, 0.2) is 0 Å². The van der Waals surface area contributed by atoms with E-state index >= 15 is 0 Å². The highest BCUT2D eigenvalue weighted by Gasteiger charge is 1.95. The van der Waals surface area contributed by atoms with E-state index in [9.17, 15) is 0 Å². The predicted molar refractivity (Wildman–Crippen MR) is 116 cm³/mol. The second-order valence-electron chi connectivity index (χ2n) is 7.88. The minimum atomic E-state index is 0.953. The van der Waals surface area contributed by atoms with Crippen LogP contribution in [0.2, 0.25) is 0 Å². The van der Waals surface area contributed by atoms with E-state index in [1.807, 2.05) is 0 Å². The summed E-state index contributed by atoms with van der Waals surface area (Å²) < 4.78 is 11.5. The van der Waals surface area contributed by atoms with Crippen LogP contribution < -0.4 is 0 Å². The quantitative estimate of drug-likeness (QED) is 0.169. The molecule has 2 heteroatoms. The average molecular weight is 371 g/mol. The zero-order chi connectivity index (χ0) is 19.0. The first kappa shape index (κ1) is 25.9. The average Bonchev–Trinajstić information content (AvgIpc) is 2.66. The molecule has 158 valence electrons. The van der Waals surface area contributed by atoms with E-state index in [1.165, 1.54) is 116 Å². The zero-order valence-corrected chi connectivity index (χ0v) is 18.4. The van der Waals surface area contributed by atoms with Gasteiger partial charge in [-0.15, -0.1) is 0 Å². The third kappa shape index (κ3) is 23.9. The van der Waals surface area contributed by atoms with Crippen LogP contribution in [0.3, 0.4) is 0 Å². The molecular formula is C24H50O2. The number of rotatable bonds is 23. The van der Waals surface area contributed by atoms with Crippen molar-refractivity contribution in [2.45, 2.75) is 129 Å². The van der Waals surface area contributed by atoms with Crippen LogP contribution >= 0.6 is 0 Å². The fourth-order valence-electron chi connectivity index (χ4n) is 3.29. The Morgan fingerprint density at radius 1 is 0.308 bits per heavy atom. The van der Waals surface area contributed by atoms with Crippen LogP contribution in [0.25, 0.3) is 0 Å². The molecule has 0 bridgehead atoms. The lowest BCUT2D eigenvalue weighted by atomic mass is 10.1. The SMILES string of the molecule is CCCCCCCCCOCCCCCCOCCCCCCCCC. The van der Waals surface area contributed by atoms with Gasteiger partial charge in [0.2, 0.25) is 0 Å². The molecular weight excluding hydrogens is 320 g/mol. The third-order valence-electron chi connectivity index (χ3n) is 5.11. The molecule has 0 spiro atoms. The van der Waals surface area contributed by atoms with Gasteiger partial charge in [-0.3, -0.25) is 0 Å². The minimum absolute atomic E-state index is 0.953. The molecule has 0 aromatic carbocycles. The van der Waals surface area contributed by atoms with Gasteiger partial charge in [-0.25, -0.2) is 0 Å². The monoisotopic (exact) mass is 370 g/mol. The highest BCUT2D eigenvalue weighted by Crippen LogP contribution is 2.08. The molecule has 0 aromatic heterocycles. The van der Waals surface area contributed by atoms with Gasteiger partial charge in [0.25, 0.3) is 0 Å². The fraction of sp³-hybridized carbons (Fsp3) is 1.00. The first-order valence-electron chi connectivity index (χ1n) is 12.1. The Kier molecular flexibility index (Phi) is 24.8. The number of ether oxygens (including phenoxy) is 2. The maximum absolute atomic E-state index is 5.74. The van der Waals surface area contributed by atoms with E-state index in [0.717, 1.165) is 26.4 Å². The molecule has 2 nitrogen and oxygen atoms in total. The highest BCUT2D eigenvalue weighted by atomic mass is 16.5.